The molecule has 1 heterocycles. The molecule has 100 valence electrons. The number of fused-ring (bicyclic) bond motifs is 1. The highest BCUT2D eigenvalue weighted by Gasteiger charge is 2.16. The highest BCUT2D eigenvalue weighted by molar-refractivity contribution is 6.04. The van der Waals surface area contributed by atoms with E-state index >= 15 is 0 Å². The average Bonchev–Trinajstić information content (AvgIpc) is 2.48. The van der Waals surface area contributed by atoms with E-state index in [-0.39, 0.29) is 18.4 Å². The van der Waals surface area contributed by atoms with E-state index in [1.165, 1.54) is 0 Å². The SMILES string of the molecule is O=C1COc2cc(NC(=O)c3ccccc3)ccc2N1. The average molecular weight is 268 g/mol. The van der Waals surface area contributed by atoms with Crippen molar-refractivity contribution >= 4 is 23.2 Å². The molecule has 0 saturated heterocycles. The normalized spacial score (nSPS) is 12.9. The summed E-state index contributed by atoms with van der Waals surface area (Å²) >= 11 is 0. The Morgan fingerprint density at radius 3 is 2.75 bits per heavy atom. The third kappa shape index (κ3) is 2.47. The molecular weight excluding hydrogens is 256 g/mol. The molecule has 0 aliphatic carbocycles. The quantitative estimate of drug-likeness (QED) is 0.878. The van der Waals surface area contributed by atoms with E-state index in [9.17, 15) is 9.59 Å². The summed E-state index contributed by atoms with van der Waals surface area (Å²) in [5, 5.41) is 5.48. The zero-order valence-corrected chi connectivity index (χ0v) is 10.6. The number of amides is 2. The first-order chi connectivity index (χ1) is 9.72. The summed E-state index contributed by atoms with van der Waals surface area (Å²) in [7, 11) is 0. The van der Waals surface area contributed by atoms with Crippen LogP contribution in [-0.2, 0) is 4.79 Å². The molecule has 0 aromatic heterocycles. The summed E-state index contributed by atoms with van der Waals surface area (Å²) in [6, 6.07) is 14.1. The van der Waals surface area contributed by atoms with Crippen LogP contribution in [0.4, 0.5) is 11.4 Å². The van der Waals surface area contributed by atoms with Gasteiger partial charge in [0.05, 0.1) is 5.69 Å². The summed E-state index contributed by atoms with van der Waals surface area (Å²) in [4.78, 5) is 23.2. The molecule has 0 unspecified atom stereocenters. The number of anilines is 2. The van der Waals surface area contributed by atoms with Crippen molar-refractivity contribution in [1.82, 2.24) is 0 Å². The van der Waals surface area contributed by atoms with Crippen LogP contribution in [0.5, 0.6) is 5.75 Å². The minimum Gasteiger partial charge on any atom is -0.482 e. The second-order valence-corrected chi connectivity index (χ2v) is 4.37. The van der Waals surface area contributed by atoms with E-state index in [0.717, 1.165) is 0 Å². The van der Waals surface area contributed by atoms with Crippen LogP contribution in [0.25, 0.3) is 0 Å². The molecule has 0 spiro atoms. The Morgan fingerprint density at radius 1 is 1.15 bits per heavy atom. The van der Waals surface area contributed by atoms with Crippen LogP contribution < -0.4 is 15.4 Å². The fourth-order valence-corrected chi connectivity index (χ4v) is 1.95. The first-order valence-corrected chi connectivity index (χ1v) is 6.15. The molecule has 0 fully saturated rings. The summed E-state index contributed by atoms with van der Waals surface area (Å²) < 4.78 is 5.30. The van der Waals surface area contributed by atoms with Gasteiger partial charge in [-0.1, -0.05) is 18.2 Å². The van der Waals surface area contributed by atoms with Gasteiger partial charge >= 0.3 is 0 Å². The van der Waals surface area contributed by atoms with Crippen molar-refractivity contribution in [3.05, 3.63) is 54.1 Å². The van der Waals surface area contributed by atoms with Crippen molar-refractivity contribution in [1.29, 1.82) is 0 Å². The summed E-state index contributed by atoms with van der Waals surface area (Å²) in [6.07, 6.45) is 0. The second-order valence-electron chi connectivity index (χ2n) is 4.37. The Kier molecular flexibility index (Phi) is 3.09. The van der Waals surface area contributed by atoms with Crippen LogP contribution in [0.1, 0.15) is 10.4 Å². The number of benzene rings is 2. The van der Waals surface area contributed by atoms with Crippen LogP contribution >= 0.6 is 0 Å². The van der Waals surface area contributed by atoms with Gasteiger partial charge in [0.1, 0.15) is 5.75 Å². The van der Waals surface area contributed by atoms with E-state index in [1.807, 2.05) is 6.07 Å². The highest BCUT2D eigenvalue weighted by Crippen LogP contribution is 2.30. The molecule has 0 radical (unpaired) electrons. The minimum absolute atomic E-state index is 0.0108. The lowest BCUT2D eigenvalue weighted by Crippen LogP contribution is -2.25. The lowest BCUT2D eigenvalue weighted by molar-refractivity contribution is -0.118. The lowest BCUT2D eigenvalue weighted by atomic mass is 10.2. The fraction of sp³-hybridized carbons (Fsp3) is 0.0667. The molecule has 1 aliphatic heterocycles. The molecule has 20 heavy (non-hydrogen) atoms. The summed E-state index contributed by atoms with van der Waals surface area (Å²) in [6.45, 7) is -0.0108. The number of nitrogens with one attached hydrogen (secondary N) is 2. The molecule has 2 aromatic rings. The predicted octanol–water partition coefficient (Wildman–Crippen LogP) is 2.27. The monoisotopic (exact) mass is 268 g/mol. The van der Waals surface area contributed by atoms with Crippen molar-refractivity contribution in [3.8, 4) is 5.75 Å². The number of hydrogen-bond donors (Lipinski definition) is 2. The maximum Gasteiger partial charge on any atom is 0.262 e. The molecule has 3 rings (SSSR count). The summed E-state index contributed by atoms with van der Waals surface area (Å²) in [5.74, 6) is 0.180. The maximum atomic E-state index is 12.0. The van der Waals surface area contributed by atoms with Crippen molar-refractivity contribution in [2.75, 3.05) is 17.2 Å². The van der Waals surface area contributed by atoms with Gasteiger partial charge in [-0.05, 0) is 24.3 Å². The van der Waals surface area contributed by atoms with Crippen molar-refractivity contribution in [2.45, 2.75) is 0 Å². The van der Waals surface area contributed by atoms with E-state index in [0.29, 0.717) is 22.7 Å². The number of rotatable bonds is 2. The third-order valence-corrected chi connectivity index (χ3v) is 2.91. The van der Waals surface area contributed by atoms with Gasteiger partial charge in [-0.2, -0.15) is 0 Å². The molecule has 0 bridgehead atoms. The Balaban J connectivity index is 1.79. The third-order valence-electron chi connectivity index (χ3n) is 2.91. The summed E-state index contributed by atoms with van der Waals surface area (Å²) in [5.41, 5.74) is 1.81. The maximum absolute atomic E-state index is 12.0. The van der Waals surface area contributed by atoms with Crippen LogP contribution in [-0.4, -0.2) is 18.4 Å². The van der Waals surface area contributed by atoms with Crippen LogP contribution in [0.3, 0.4) is 0 Å². The van der Waals surface area contributed by atoms with Crippen molar-refractivity contribution in [2.24, 2.45) is 0 Å². The Labute approximate surface area is 115 Å². The van der Waals surface area contributed by atoms with Gasteiger partial charge in [0.15, 0.2) is 6.61 Å². The lowest BCUT2D eigenvalue weighted by Gasteiger charge is -2.18. The molecule has 5 nitrogen and oxygen atoms in total. The Morgan fingerprint density at radius 2 is 1.95 bits per heavy atom. The van der Waals surface area contributed by atoms with Crippen LogP contribution in [0.2, 0.25) is 0 Å². The Bertz CT molecular complexity index is 668. The molecule has 2 aromatic carbocycles. The van der Waals surface area contributed by atoms with E-state index < -0.39 is 0 Å². The second kappa shape index (κ2) is 5.05. The first-order valence-electron chi connectivity index (χ1n) is 6.15. The zero-order chi connectivity index (χ0) is 13.9. The molecule has 2 N–H and O–H groups in total. The van der Waals surface area contributed by atoms with Crippen LogP contribution in [0.15, 0.2) is 48.5 Å². The number of carbonyl (C=O) groups is 2. The topological polar surface area (TPSA) is 67.4 Å². The standard InChI is InChI=1S/C15H12N2O3/c18-14-9-20-13-8-11(6-7-12(13)17-14)16-15(19)10-4-2-1-3-5-10/h1-8H,9H2,(H,16,19)(H,17,18). The van der Waals surface area contributed by atoms with Gasteiger partial charge in [-0.3, -0.25) is 9.59 Å². The highest BCUT2D eigenvalue weighted by atomic mass is 16.5. The number of hydrogen-bond acceptors (Lipinski definition) is 3. The first kappa shape index (κ1) is 12.2. The fourth-order valence-electron chi connectivity index (χ4n) is 1.95. The van der Waals surface area contributed by atoms with E-state index in [1.54, 1.807) is 42.5 Å². The predicted molar refractivity (Wildman–Crippen MR) is 75.0 cm³/mol. The minimum atomic E-state index is -0.189. The van der Waals surface area contributed by atoms with Gasteiger partial charge in [-0.15, -0.1) is 0 Å². The van der Waals surface area contributed by atoms with Crippen molar-refractivity contribution < 1.29 is 14.3 Å². The molecule has 5 heteroatoms. The zero-order valence-electron chi connectivity index (χ0n) is 10.6. The van der Waals surface area contributed by atoms with Gasteiger partial charge < -0.3 is 15.4 Å². The Hall–Kier alpha value is -2.82. The molecular formula is C15H12N2O3. The van der Waals surface area contributed by atoms with Gasteiger partial charge in [0.2, 0.25) is 0 Å². The van der Waals surface area contributed by atoms with Gasteiger partial charge in [-0.25, -0.2) is 0 Å². The van der Waals surface area contributed by atoms with Gasteiger partial charge in [0, 0.05) is 17.3 Å². The van der Waals surface area contributed by atoms with Crippen molar-refractivity contribution in [3.63, 3.8) is 0 Å². The van der Waals surface area contributed by atoms with E-state index in [2.05, 4.69) is 10.6 Å². The largest absolute Gasteiger partial charge is 0.482 e. The van der Waals surface area contributed by atoms with Gasteiger partial charge in [0.25, 0.3) is 11.8 Å². The molecule has 0 atom stereocenters. The molecule has 2 amide bonds. The molecule has 1 aliphatic rings. The van der Waals surface area contributed by atoms with Crippen LogP contribution in [0, 0.1) is 0 Å². The number of ether oxygens (including phenoxy) is 1. The smallest absolute Gasteiger partial charge is 0.262 e. The van der Waals surface area contributed by atoms with E-state index in [4.69, 9.17) is 4.74 Å². The number of carbonyl (C=O) groups excluding carboxylic acids is 2. The molecule has 0 saturated carbocycles.